The van der Waals surface area contributed by atoms with E-state index in [-0.39, 0.29) is 0 Å². The maximum Gasteiger partial charge on any atom is 0.227 e. The van der Waals surface area contributed by atoms with Crippen molar-refractivity contribution in [1.29, 1.82) is 0 Å². The summed E-state index contributed by atoms with van der Waals surface area (Å²) in [5.41, 5.74) is 2.27. The summed E-state index contributed by atoms with van der Waals surface area (Å²) in [6.45, 7) is 7.99. The Morgan fingerprint density at radius 3 is 2.90 bits per heavy atom. The van der Waals surface area contributed by atoms with Crippen molar-refractivity contribution in [1.82, 2.24) is 25.2 Å². The predicted molar refractivity (Wildman–Crippen MR) is 79.1 cm³/mol. The van der Waals surface area contributed by atoms with Crippen molar-refractivity contribution in [3.63, 3.8) is 0 Å². The monoisotopic (exact) mass is 289 g/mol. The van der Waals surface area contributed by atoms with Gasteiger partial charge >= 0.3 is 0 Å². The van der Waals surface area contributed by atoms with E-state index in [9.17, 15) is 0 Å². The van der Waals surface area contributed by atoms with Gasteiger partial charge in [-0.05, 0) is 39.7 Å². The van der Waals surface area contributed by atoms with Gasteiger partial charge in [0.15, 0.2) is 5.82 Å². The largest absolute Gasteiger partial charge is 0.339 e. The summed E-state index contributed by atoms with van der Waals surface area (Å²) in [6, 6.07) is 2.46. The molecule has 0 aromatic carbocycles. The van der Waals surface area contributed by atoms with Crippen LogP contribution in [0.3, 0.4) is 0 Å². The van der Waals surface area contributed by atoms with Crippen molar-refractivity contribution >= 4 is 0 Å². The summed E-state index contributed by atoms with van der Waals surface area (Å²) in [5, 5.41) is 12.0. The molecule has 0 amide bonds. The highest BCUT2D eigenvalue weighted by Gasteiger charge is 2.28. The Labute approximate surface area is 124 Å². The van der Waals surface area contributed by atoms with Gasteiger partial charge in [0.2, 0.25) is 5.89 Å². The highest BCUT2D eigenvalue weighted by atomic mass is 16.5. The van der Waals surface area contributed by atoms with Crippen LogP contribution >= 0.6 is 0 Å². The molecule has 1 fully saturated rings. The van der Waals surface area contributed by atoms with E-state index in [2.05, 4.69) is 40.5 Å². The zero-order valence-electron chi connectivity index (χ0n) is 13.0. The van der Waals surface area contributed by atoms with E-state index in [0.29, 0.717) is 12.0 Å². The third kappa shape index (κ3) is 3.69. The third-order valence-electron chi connectivity index (χ3n) is 3.81. The topological polar surface area (TPSA) is 68.8 Å². The van der Waals surface area contributed by atoms with E-state index >= 15 is 0 Å². The number of hydrogen-bond donors (Lipinski definition) is 1. The third-order valence-corrected chi connectivity index (χ3v) is 3.81. The first-order valence-electron chi connectivity index (χ1n) is 7.68. The highest BCUT2D eigenvalue weighted by molar-refractivity contribution is 5.06. The molecule has 0 aliphatic heterocycles. The summed E-state index contributed by atoms with van der Waals surface area (Å²) >= 11 is 0. The molecule has 0 bridgehead atoms. The van der Waals surface area contributed by atoms with Crippen LogP contribution in [0.15, 0.2) is 10.6 Å². The fourth-order valence-electron chi connectivity index (χ4n) is 2.49. The van der Waals surface area contributed by atoms with Gasteiger partial charge in [0.05, 0.1) is 12.2 Å². The van der Waals surface area contributed by atoms with Crippen LogP contribution in [0.5, 0.6) is 0 Å². The lowest BCUT2D eigenvalue weighted by atomic mass is 10.3. The lowest BCUT2D eigenvalue weighted by Crippen LogP contribution is -2.32. The quantitative estimate of drug-likeness (QED) is 0.844. The van der Waals surface area contributed by atoms with E-state index in [1.54, 1.807) is 0 Å². The molecule has 2 heterocycles. The van der Waals surface area contributed by atoms with E-state index in [1.165, 1.54) is 18.5 Å². The van der Waals surface area contributed by atoms with Crippen molar-refractivity contribution in [2.45, 2.75) is 58.5 Å². The smallest absolute Gasteiger partial charge is 0.227 e. The van der Waals surface area contributed by atoms with Gasteiger partial charge in [-0.25, -0.2) is 0 Å². The van der Waals surface area contributed by atoms with Crippen molar-refractivity contribution < 1.29 is 4.52 Å². The molecule has 1 aliphatic rings. The van der Waals surface area contributed by atoms with Crippen molar-refractivity contribution in [2.75, 3.05) is 6.54 Å². The van der Waals surface area contributed by atoms with Crippen molar-refractivity contribution in [2.24, 2.45) is 0 Å². The number of rotatable bonds is 7. The molecule has 6 heteroatoms. The van der Waals surface area contributed by atoms with E-state index < -0.39 is 0 Å². The zero-order chi connectivity index (χ0) is 14.8. The van der Waals surface area contributed by atoms with E-state index in [1.807, 2.05) is 11.6 Å². The number of nitrogens with one attached hydrogen (secondary N) is 1. The van der Waals surface area contributed by atoms with Crippen LogP contribution in [0, 0.1) is 13.8 Å². The standard InChI is InChI=1S/C15H23N5O/c1-10-8-12(3)20(18-10)9-11(2)16-7-6-14-17-15(19-21-14)13-4-5-13/h8,11,13,16H,4-7,9H2,1-3H3. The van der Waals surface area contributed by atoms with Crippen LogP contribution in [0.1, 0.15) is 48.8 Å². The molecule has 114 valence electrons. The molecule has 21 heavy (non-hydrogen) atoms. The van der Waals surface area contributed by atoms with Crippen LogP contribution in [0.4, 0.5) is 0 Å². The van der Waals surface area contributed by atoms with Gasteiger partial charge in [0.25, 0.3) is 0 Å². The molecule has 1 atom stereocenters. The Morgan fingerprint density at radius 1 is 1.43 bits per heavy atom. The van der Waals surface area contributed by atoms with Gasteiger partial charge in [0.1, 0.15) is 0 Å². The zero-order valence-corrected chi connectivity index (χ0v) is 13.0. The van der Waals surface area contributed by atoms with Gasteiger partial charge in [-0.2, -0.15) is 10.1 Å². The number of aromatic nitrogens is 4. The molecule has 0 radical (unpaired) electrons. The highest BCUT2D eigenvalue weighted by Crippen LogP contribution is 2.38. The molecule has 1 unspecified atom stereocenters. The average Bonchev–Trinajstić information content (AvgIpc) is 3.09. The fraction of sp³-hybridized carbons (Fsp3) is 0.667. The summed E-state index contributed by atoms with van der Waals surface area (Å²) in [7, 11) is 0. The summed E-state index contributed by atoms with van der Waals surface area (Å²) in [6.07, 6.45) is 3.19. The SMILES string of the molecule is Cc1cc(C)n(CC(C)NCCc2nc(C3CC3)no2)n1. The first-order valence-corrected chi connectivity index (χ1v) is 7.68. The Morgan fingerprint density at radius 2 is 2.24 bits per heavy atom. The maximum atomic E-state index is 5.27. The first-order chi connectivity index (χ1) is 10.1. The van der Waals surface area contributed by atoms with Crippen LogP contribution in [-0.4, -0.2) is 32.5 Å². The van der Waals surface area contributed by atoms with Gasteiger partial charge in [-0.15, -0.1) is 0 Å². The van der Waals surface area contributed by atoms with Gasteiger partial charge in [0, 0.05) is 30.6 Å². The minimum absolute atomic E-state index is 0.355. The maximum absolute atomic E-state index is 5.27. The molecule has 0 spiro atoms. The Balaban J connectivity index is 1.42. The van der Waals surface area contributed by atoms with Crippen LogP contribution in [0.2, 0.25) is 0 Å². The first kappa shape index (κ1) is 14.3. The van der Waals surface area contributed by atoms with Crippen LogP contribution < -0.4 is 5.32 Å². The molecule has 1 aliphatic carbocycles. The van der Waals surface area contributed by atoms with E-state index in [4.69, 9.17) is 4.52 Å². The Bertz CT molecular complexity index is 599. The fourth-order valence-corrected chi connectivity index (χ4v) is 2.49. The Kier molecular flexibility index (Phi) is 4.05. The average molecular weight is 289 g/mol. The second kappa shape index (κ2) is 5.97. The van der Waals surface area contributed by atoms with Gasteiger partial charge < -0.3 is 9.84 Å². The summed E-state index contributed by atoms with van der Waals surface area (Å²) in [4.78, 5) is 4.44. The molecule has 3 rings (SSSR count). The summed E-state index contributed by atoms with van der Waals surface area (Å²) in [5.74, 6) is 2.18. The summed E-state index contributed by atoms with van der Waals surface area (Å²) < 4.78 is 7.32. The molecule has 2 aromatic heterocycles. The lowest BCUT2D eigenvalue weighted by molar-refractivity contribution is 0.364. The van der Waals surface area contributed by atoms with Gasteiger partial charge in [-0.3, -0.25) is 4.68 Å². The molecule has 2 aromatic rings. The molecular weight excluding hydrogens is 266 g/mol. The number of aryl methyl sites for hydroxylation is 2. The van der Waals surface area contributed by atoms with Gasteiger partial charge in [-0.1, -0.05) is 5.16 Å². The molecule has 0 saturated heterocycles. The second-order valence-electron chi connectivity index (χ2n) is 6.03. The van der Waals surface area contributed by atoms with Crippen LogP contribution in [-0.2, 0) is 13.0 Å². The lowest BCUT2D eigenvalue weighted by Gasteiger charge is -2.14. The normalized spacial score (nSPS) is 16.3. The predicted octanol–water partition coefficient (Wildman–Crippen LogP) is 1.98. The molecular formula is C15H23N5O. The molecule has 6 nitrogen and oxygen atoms in total. The number of hydrogen-bond acceptors (Lipinski definition) is 5. The number of nitrogens with zero attached hydrogens (tertiary/aromatic N) is 4. The minimum Gasteiger partial charge on any atom is -0.339 e. The Hall–Kier alpha value is -1.69. The minimum atomic E-state index is 0.355. The van der Waals surface area contributed by atoms with E-state index in [0.717, 1.165) is 36.9 Å². The van der Waals surface area contributed by atoms with Crippen LogP contribution in [0.25, 0.3) is 0 Å². The molecule has 1 N–H and O–H groups in total. The van der Waals surface area contributed by atoms with Crippen molar-refractivity contribution in [3.05, 3.63) is 29.2 Å². The second-order valence-corrected chi connectivity index (χ2v) is 6.03. The van der Waals surface area contributed by atoms with Crippen molar-refractivity contribution in [3.8, 4) is 0 Å². The molecule has 1 saturated carbocycles.